The number of hydrogen-bond donors (Lipinski definition) is 2. The third kappa shape index (κ3) is 7.19. The number of nitrogens with zero attached hydrogens (tertiary/aromatic N) is 2. The van der Waals surface area contributed by atoms with Gasteiger partial charge in [-0.1, -0.05) is 121 Å². The second-order valence-corrected chi connectivity index (χ2v) is 19.2. The smallest absolute Gasteiger partial charge is 0.0891 e. The first-order valence-corrected chi connectivity index (χ1v) is 23.4. The maximum atomic E-state index is 5.54. The molecular formula is C44H22Br8CoN4. The van der Waals surface area contributed by atoms with Gasteiger partial charge in [-0.2, -0.15) is 0 Å². The summed E-state index contributed by atoms with van der Waals surface area (Å²) in [7, 11) is 0. The average molecular weight is 1300 g/mol. The van der Waals surface area contributed by atoms with Gasteiger partial charge in [0.05, 0.1) is 80.7 Å². The molecule has 8 bridgehead atoms. The SMILES string of the molecule is BrC1=C(Br)c2nc1c(-c1ccccc1)c1[nH]c(c(Br)c1Br)c(-c1ccccc1)c1nc(c(-c3ccccc3)c3[nH]c(c(Br)c3Br)c2-c2ccccc2)C(Br)=C1Br.[Co]. The molecule has 0 spiro atoms. The maximum absolute atomic E-state index is 5.54. The van der Waals surface area contributed by atoms with Crippen LogP contribution >= 0.6 is 127 Å². The van der Waals surface area contributed by atoms with Gasteiger partial charge >= 0.3 is 0 Å². The number of halogens is 8. The maximum Gasteiger partial charge on any atom is 0.0891 e. The van der Waals surface area contributed by atoms with Crippen molar-refractivity contribution >= 4 is 167 Å². The van der Waals surface area contributed by atoms with Crippen LogP contribution in [0.3, 0.4) is 0 Å². The standard InChI is InChI=1S/C44H22Br8N4.Co/c45-29-31(47)39-26(22-15-7-2-8-16-22)41-33(49)35(51)43(55-41)28(24-19-11-4-12-20-24)44-36(52)34(50)42(56-44)27(23-17-9-3-10-18-23)40-32(48)30(46)38(54-40)25(37(29)53-39)21-13-5-1-6-14-21;/h1-20,53,56H;. The molecule has 57 heavy (non-hydrogen) atoms. The van der Waals surface area contributed by atoms with Crippen molar-refractivity contribution in [2.45, 2.75) is 0 Å². The Morgan fingerprint density at radius 3 is 0.684 bits per heavy atom. The summed E-state index contributed by atoms with van der Waals surface area (Å²) in [6, 6.07) is 41.3. The molecule has 0 fully saturated rings. The molecule has 0 amide bonds. The van der Waals surface area contributed by atoms with E-state index in [4.69, 9.17) is 9.97 Å². The quantitative estimate of drug-likeness (QED) is 0.185. The molecule has 2 aliphatic rings. The van der Waals surface area contributed by atoms with Gasteiger partial charge in [0.1, 0.15) is 0 Å². The van der Waals surface area contributed by atoms with Crippen LogP contribution in [0.4, 0.5) is 0 Å². The molecule has 2 N–H and O–H groups in total. The molecule has 0 atom stereocenters. The summed E-state index contributed by atoms with van der Waals surface area (Å²) in [4.78, 5) is 18.8. The molecular weight excluding hydrogens is 1280 g/mol. The van der Waals surface area contributed by atoms with E-state index in [1.807, 2.05) is 72.8 Å². The normalized spacial score (nSPS) is 12.6. The van der Waals surface area contributed by atoms with Gasteiger partial charge in [0, 0.05) is 39.0 Å². The van der Waals surface area contributed by atoms with Crippen molar-refractivity contribution in [1.82, 2.24) is 19.9 Å². The third-order valence-corrected chi connectivity index (χ3v) is 18.0. The zero-order chi connectivity index (χ0) is 38.8. The van der Waals surface area contributed by atoms with Crippen LogP contribution in [0.25, 0.3) is 84.5 Å². The molecule has 0 unspecified atom stereocenters. The van der Waals surface area contributed by atoms with Gasteiger partial charge in [-0.25, -0.2) is 9.97 Å². The molecule has 4 nitrogen and oxygen atoms in total. The van der Waals surface area contributed by atoms with E-state index in [-0.39, 0.29) is 16.8 Å². The van der Waals surface area contributed by atoms with Crippen LogP contribution in [0.2, 0.25) is 0 Å². The van der Waals surface area contributed by atoms with E-state index in [0.717, 1.165) is 125 Å². The summed E-state index contributed by atoms with van der Waals surface area (Å²) in [6.07, 6.45) is 0. The predicted octanol–water partition coefficient (Wildman–Crippen LogP) is 17.3. The van der Waals surface area contributed by atoms with Crippen LogP contribution in [0.5, 0.6) is 0 Å². The second-order valence-electron chi connectivity index (χ2n) is 12.8. The van der Waals surface area contributed by atoms with Crippen molar-refractivity contribution in [3.05, 3.63) is 162 Å². The van der Waals surface area contributed by atoms with Crippen molar-refractivity contribution in [3.63, 3.8) is 0 Å². The Bertz CT molecular complexity index is 2580. The molecule has 9 rings (SSSR count). The molecule has 2 aliphatic heterocycles. The van der Waals surface area contributed by atoms with Gasteiger partial charge in [-0.05, 0) is 150 Å². The van der Waals surface area contributed by atoms with E-state index in [1.54, 1.807) is 0 Å². The average Bonchev–Trinajstić information content (AvgIpc) is 3.89. The van der Waals surface area contributed by atoms with E-state index < -0.39 is 0 Å². The van der Waals surface area contributed by atoms with Crippen LogP contribution in [-0.4, -0.2) is 19.9 Å². The van der Waals surface area contributed by atoms with Crippen molar-refractivity contribution in [3.8, 4) is 44.5 Å². The fraction of sp³-hybridized carbons (Fsp3) is 0. The van der Waals surface area contributed by atoms with E-state index in [1.165, 1.54) is 0 Å². The van der Waals surface area contributed by atoms with Crippen molar-refractivity contribution < 1.29 is 16.8 Å². The number of fused-ring (bicyclic) bond motifs is 8. The molecule has 3 aromatic heterocycles. The number of hydrogen-bond acceptors (Lipinski definition) is 2. The predicted molar refractivity (Wildman–Crippen MR) is 263 cm³/mol. The first-order valence-electron chi connectivity index (χ1n) is 17.0. The topological polar surface area (TPSA) is 57.4 Å². The van der Waals surface area contributed by atoms with Gasteiger partial charge in [0.2, 0.25) is 0 Å². The number of aromatic amines is 2. The minimum Gasteiger partial charge on any atom is -0.352 e. The number of aromatic nitrogens is 4. The van der Waals surface area contributed by atoms with Crippen LogP contribution in [0.15, 0.2) is 139 Å². The van der Waals surface area contributed by atoms with Crippen molar-refractivity contribution in [2.75, 3.05) is 0 Å². The first-order chi connectivity index (χ1) is 27.2. The molecule has 7 aromatic rings. The summed E-state index contributed by atoms with van der Waals surface area (Å²) in [6.45, 7) is 0. The molecule has 13 heteroatoms. The summed E-state index contributed by atoms with van der Waals surface area (Å²) >= 11 is 32.2. The van der Waals surface area contributed by atoms with Crippen molar-refractivity contribution in [1.29, 1.82) is 0 Å². The van der Waals surface area contributed by atoms with Crippen LogP contribution in [0.1, 0.15) is 22.8 Å². The molecule has 0 aliphatic carbocycles. The monoisotopic (exact) mass is 1300 g/mol. The largest absolute Gasteiger partial charge is 0.352 e. The molecule has 4 aromatic carbocycles. The first kappa shape index (κ1) is 41.6. The molecule has 0 saturated heterocycles. The number of H-pyrrole nitrogens is 2. The van der Waals surface area contributed by atoms with Gasteiger partial charge in [0.25, 0.3) is 0 Å². The Hall–Kier alpha value is -2.17. The molecule has 283 valence electrons. The van der Waals surface area contributed by atoms with Gasteiger partial charge in [0.15, 0.2) is 0 Å². The van der Waals surface area contributed by atoms with Crippen LogP contribution < -0.4 is 0 Å². The van der Waals surface area contributed by atoms with Crippen molar-refractivity contribution in [2.24, 2.45) is 0 Å². The third-order valence-electron chi connectivity index (χ3n) is 9.62. The Kier molecular flexibility index (Phi) is 12.4. The number of rotatable bonds is 4. The number of nitrogens with one attached hydrogen (secondary N) is 2. The van der Waals surface area contributed by atoms with Crippen LogP contribution in [0, 0.1) is 0 Å². The van der Waals surface area contributed by atoms with E-state index in [9.17, 15) is 0 Å². The fourth-order valence-electron chi connectivity index (χ4n) is 7.11. The summed E-state index contributed by atoms with van der Waals surface area (Å²) in [5.74, 6) is 0. The molecule has 5 heterocycles. The fourth-order valence-corrected chi connectivity index (χ4v) is 11.0. The van der Waals surface area contributed by atoms with Gasteiger partial charge < -0.3 is 9.97 Å². The minimum atomic E-state index is 0. The van der Waals surface area contributed by atoms with E-state index in [2.05, 4.69) is 186 Å². The minimum absolute atomic E-state index is 0. The van der Waals surface area contributed by atoms with Gasteiger partial charge in [-0.15, -0.1) is 0 Å². The summed E-state index contributed by atoms with van der Waals surface area (Å²) < 4.78 is 6.69. The Labute approximate surface area is 405 Å². The summed E-state index contributed by atoms with van der Waals surface area (Å²) in [5, 5.41) is 0. The van der Waals surface area contributed by atoms with Crippen LogP contribution in [-0.2, 0) is 16.8 Å². The Morgan fingerprint density at radius 1 is 0.298 bits per heavy atom. The summed E-state index contributed by atoms with van der Waals surface area (Å²) in [5.41, 5.74) is 14.0. The molecule has 0 saturated carbocycles. The second kappa shape index (κ2) is 17.1. The van der Waals surface area contributed by atoms with E-state index in [0.29, 0.717) is 0 Å². The van der Waals surface area contributed by atoms with E-state index >= 15 is 0 Å². The Balaban J connectivity index is 0.00000455. The zero-order valence-electron chi connectivity index (χ0n) is 28.8. The Morgan fingerprint density at radius 2 is 0.491 bits per heavy atom. The zero-order valence-corrected chi connectivity index (χ0v) is 42.5. The number of benzene rings is 4. The molecule has 1 radical (unpaired) electrons. The van der Waals surface area contributed by atoms with Gasteiger partial charge in [-0.3, -0.25) is 0 Å².